The zero-order valence-corrected chi connectivity index (χ0v) is 7.79. The summed E-state index contributed by atoms with van der Waals surface area (Å²) in [5.41, 5.74) is 0. The van der Waals surface area contributed by atoms with E-state index in [1.165, 1.54) is 6.92 Å². The van der Waals surface area contributed by atoms with E-state index >= 15 is 0 Å². The van der Waals surface area contributed by atoms with Gasteiger partial charge in [-0.3, -0.25) is 9.79 Å². The zero-order valence-electron chi connectivity index (χ0n) is 7.79. The Morgan fingerprint density at radius 2 is 2.42 bits per heavy atom. The molecule has 0 aromatic carbocycles. The van der Waals surface area contributed by atoms with Gasteiger partial charge >= 0.3 is 0 Å². The molecule has 1 atom stereocenters. The van der Waals surface area contributed by atoms with Crippen LogP contribution in [0.3, 0.4) is 0 Å². The lowest BCUT2D eigenvalue weighted by molar-refractivity contribution is -0.119. The van der Waals surface area contributed by atoms with Crippen molar-refractivity contribution in [2.45, 2.75) is 19.9 Å². The number of likely N-dealkylation sites (N-methyl/N-ethyl adjacent to an activating group) is 1. The van der Waals surface area contributed by atoms with E-state index in [9.17, 15) is 4.79 Å². The van der Waals surface area contributed by atoms with Gasteiger partial charge in [-0.1, -0.05) is 0 Å². The molecule has 0 saturated heterocycles. The highest BCUT2D eigenvalue weighted by molar-refractivity contribution is 5.91. The molecule has 0 radical (unpaired) electrons. The Balaban J connectivity index is 2.51. The van der Waals surface area contributed by atoms with Crippen LogP contribution in [0.25, 0.3) is 0 Å². The van der Waals surface area contributed by atoms with Crippen LogP contribution in [0, 0.1) is 0 Å². The lowest BCUT2D eigenvalue weighted by Crippen LogP contribution is -2.42. The summed E-state index contributed by atoms with van der Waals surface area (Å²) in [7, 11) is 1.99. The van der Waals surface area contributed by atoms with Crippen LogP contribution in [0.15, 0.2) is 4.99 Å². The smallest absolute Gasteiger partial charge is 0.217 e. The zero-order chi connectivity index (χ0) is 9.14. The molecule has 0 spiro atoms. The Labute approximate surface area is 72.7 Å². The number of amides is 1. The minimum atomic E-state index is -0.00880. The van der Waals surface area contributed by atoms with E-state index in [4.69, 9.17) is 0 Å². The van der Waals surface area contributed by atoms with E-state index in [0.717, 1.165) is 18.9 Å². The number of hydrogen-bond acceptors (Lipinski definition) is 3. The molecule has 0 aliphatic carbocycles. The van der Waals surface area contributed by atoms with Gasteiger partial charge in [-0.15, -0.1) is 0 Å². The highest BCUT2D eigenvalue weighted by atomic mass is 16.1. The fourth-order valence-corrected chi connectivity index (χ4v) is 1.39. The summed E-state index contributed by atoms with van der Waals surface area (Å²) in [6.07, 6.45) is 0. The van der Waals surface area contributed by atoms with Gasteiger partial charge in [-0.2, -0.15) is 0 Å². The molecule has 0 bridgehead atoms. The maximum Gasteiger partial charge on any atom is 0.217 e. The third-order valence-corrected chi connectivity index (χ3v) is 1.91. The van der Waals surface area contributed by atoms with Crippen molar-refractivity contribution in [2.75, 3.05) is 20.1 Å². The van der Waals surface area contributed by atoms with Gasteiger partial charge in [-0.05, 0) is 6.92 Å². The van der Waals surface area contributed by atoms with E-state index in [-0.39, 0.29) is 11.9 Å². The maximum absolute atomic E-state index is 10.7. The van der Waals surface area contributed by atoms with Gasteiger partial charge in [0, 0.05) is 20.5 Å². The number of nitrogens with zero attached hydrogens (tertiary/aromatic N) is 2. The Kier molecular flexibility index (Phi) is 2.68. The van der Waals surface area contributed by atoms with Crippen LogP contribution >= 0.6 is 0 Å². The third kappa shape index (κ3) is 1.96. The molecule has 0 aromatic heterocycles. The predicted octanol–water partition coefficient (Wildman–Crippen LogP) is -0.145. The van der Waals surface area contributed by atoms with Crippen LogP contribution in [0.1, 0.15) is 13.8 Å². The second kappa shape index (κ2) is 3.56. The summed E-state index contributed by atoms with van der Waals surface area (Å²) < 4.78 is 0. The van der Waals surface area contributed by atoms with Crippen molar-refractivity contribution in [1.29, 1.82) is 0 Å². The molecule has 1 rings (SSSR count). The van der Waals surface area contributed by atoms with E-state index in [1.807, 2.05) is 14.0 Å². The van der Waals surface area contributed by atoms with Gasteiger partial charge in [0.05, 0.1) is 12.6 Å². The molecule has 68 valence electrons. The molecular weight excluding hydrogens is 154 g/mol. The average molecular weight is 169 g/mol. The standard InChI is InChI=1S/C8H15N3O/c1-6(10-7(2)12)8-9-4-5-11(8)3/h6H,4-5H2,1-3H3,(H,10,12). The van der Waals surface area contributed by atoms with Gasteiger partial charge in [-0.25, -0.2) is 0 Å². The molecule has 0 fully saturated rings. The summed E-state index contributed by atoms with van der Waals surface area (Å²) in [6, 6.07) is 0.0370. The first kappa shape index (κ1) is 9.03. The number of nitrogens with one attached hydrogen (secondary N) is 1. The Hall–Kier alpha value is -1.06. The van der Waals surface area contributed by atoms with Crippen molar-refractivity contribution in [3.8, 4) is 0 Å². The van der Waals surface area contributed by atoms with Gasteiger partial charge in [0.2, 0.25) is 5.91 Å². The van der Waals surface area contributed by atoms with Gasteiger partial charge in [0.25, 0.3) is 0 Å². The SMILES string of the molecule is CC(=O)NC(C)C1=NCCN1C. The Morgan fingerprint density at radius 1 is 1.75 bits per heavy atom. The lowest BCUT2D eigenvalue weighted by atomic mass is 10.3. The fraction of sp³-hybridized carbons (Fsp3) is 0.750. The molecule has 4 heteroatoms. The summed E-state index contributed by atoms with van der Waals surface area (Å²) in [5.74, 6) is 0.968. The van der Waals surface area contributed by atoms with Crippen molar-refractivity contribution < 1.29 is 4.79 Å². The van der Waals surface area contributed by atoms with E-state index in [2.05, 4.69) is 15.2 Å². The van der Waals surface area contributed by atoms with Crippen LogP contribution in [0.4, 0.5) is 0 Å². The van der Waals surface area contributed by atoms with Crippen LogP contribution in [0.5, 0.6) is 0 Å². The molecule has 1 amide bonds. The normalized spacial score (nSPS) is 18.9. The second-order valence-electron chi connectivity index (χ2n) is 3.08. The van der Waals surface area contributed by atoms with Gasteiger partial charge in [0.15, 0.2) is 0 Å². The molecule has 0 saturated carbocycles. The van der Waals surface area contributed by atoms with E-state index in [0.29, 0.717) is 0 Å². The molecule has 0 aromatic rings. The molecule has 1 N–H and O–H groups in total. The number of amidine groups is 1. The highest BCUT2D eigenvalue weighted by Crippen LogP contribution is 2.01. The van der Waals surface area contributed by atoms with Crippen LogP contribution in [-0.4, -0.2) is 42.8 Å². The van der Waals surface area contributed by atoms with Gasteiger partial charge in [0.1, 0.15) is 5.84 Å². The molecule has 1 aliphatic heterocycles. The Bertz CT molecular complexity index is 212. The number of carbonyl (C=O) groups is 1. The topological polar surface area (TPSA) is 44.7 Å². The third-order valence-electron chi connectivity index (χ3n) is 1.91. The first-order valence-electron chi connectivity index (χ1n) is 4.14. The van der Waals surface area contributed by atoms with Crippen LogP contribution in [-0.2, 0) is 4.79 Å². The number of aliphatic imine (C=N–C) groups is 1. The van der Waals surface area contributed by atoms with Crippen LogP contribution < -0.4 is 5.32 Å². The lowest BCUT2D eigenvalue weighted by Gasteiger charge is -2.19. The Morgan fingerprint density at radius 3 is 2.83 bits per heavy atom. The maximum atomic E-state index is 10.7. The second-order valence-corrected chi connectivity index (χ2v) is 3.08. The minimum absolute atomic E-state index is 0.00880. The van der Waals surface area contributed by atoms with Crippen LogP contribution in [0.2, 0.25) is 0 Å². The van der Waals surface area contributed by atoms with E-state index < -0.39 is 0 Å². The highest BCUT2D eigenvalue weighted by Gasteiger charge is 2.19. The minimum Gasteiger partial charge on any atom is -0.360 e. The van der Waals surface area contributed by atoms with Crippen molar-refractivity contribution in [3.05, 3.63) is 0 Å². The van der Waals surface area contributed by atoms with Crippen molar-refractivity contribution in [3.63, 3.8) is 0 Å². The molecule has 1 unspecified atom stereocenters. The van der Waals surface area contributed by atoms with Gasteiger partial charge < -0.3 is 10.2 Å². The molecule has 12 heavy (non-hydrogen) atoms. The quantitative estimate of drug-likeness (QED) is 0.625. The van der Waals surface area contributed by atoms with Crippen molar-refractivity contribution in [1.82, 2.24) is 10.2 Å². The molecular formula is C8H15N3O. The number of rotatable bonds is 2. The van der Waals surface area contributed by atoms with E-state index in [1.54, 1.807) is 0 Å². The monoisotopic (exact) mass is 169 g/mol. The molecule has 1 aliphatic rings. The number of hydrogen-bond donors (Lipinski definition) is 1. The molecule has 4 nitrogen and oxygen atoms in total. The average Bonchev–Trinajstić information content (AvgIpc) is 2.33. The predicted molar refractivity (Wildman–Crippen MR) is 48.2 cm³/mol. The largest absolute Gasteiger partial charge is 0.360 e. The summed E-state index contributed by atoms with van der Waals surface area (Å²) in [4.78, 5) is 17.1. The van der Waals surface area contributed by atoms with Crippen molar-refractivity contribution in [2.24, 2.45) is 4.99 Å². The first-order chi connectivity index (χ1) is 5.61. The summed E-state index contributed by atoms with van der Waals surface area (Å²) in [6.45, 7) is 5.27. The summed E-state index contributed by atoms with van der Waals surface area (Å²) in [5, 5.41) is 2.80. The first-order valence-corrected chi connectivity index (χ1v) is 4.14. The fourth-order valence-electron chi connectivity index (χ4n) is 1.39. The number of carbonyl (C=O) groups excluding carboxylic acids is 1. The summed E-state index contributed by atoms with van der Waals surface area (Å²) >= 11 is 0. The molecule has 1 heterocycles. The van der Waals surface area contributed by atoms with Crippen molar-refractivity contribution >= 4 is 11.7 Å².